The third kappa shape index (κ3) is 5.87. The first-order valence-electron chi connectivity index (χ1n) is 17.9. The van der Waals surface area contributed by atoms with Gasteiger partial charge in [0.15, 0.2) is 5.82 Å². The predicted octanol–water partition coefficient (Wildman–Crippen LogP) is 6.65. The summed E-state index contributed by atoms with van der Waals surface area (Å²) < 4.78 is 58.8. The van der Waals surface area contributed by atoms with Gasteiger partial charge in [-0.2, -0.15) is 9.97 Å². The van der Waals surface area contributed by atoms with Gasteiger partial charge in [0.2, 0.25) is 0 Å². The molecule has 1 saturated carbocycles. The van der Waals surface area contributed by atoms with Crippen LogP contribution in [0.2, 0.25) is 0 Å². The normalized spacial score (nSPS) is 25.9. The maximum absolute atomic E-state index is 17.1. The van der Waals surface area contributed by atoms with Crippen molar-refractivity contribution in [3.63, 3.8) is 0 Å². The number of aryl methyl sites for hydroxylation is 1. The monoisotopic (exact) mass is 704 g/mol. The van der Waals surface area contributed by atoms with E-state index in [0.29, 0.717) is 65.9 Å². The van der Waals surface area contributed by atoms with E-state index in [4.69, 9.17) is 14.5 Å². The zero-order chi connectivity index (χ0) is 35.7. The predicted molar refractivity (Wildman–Crippen MR) is 187 cm³/mol. The number of phenols is 1. The second-order valence-corrected chi connectivity index (χ2v) is 15.3. The summed E-state index contributed by atoms with van der Waals surface area (Å²) in [6, 6.07) is 5.81. The molecule has 4 aromatic rings. The van der Waals surface area contributed by atoms with Gasteiger partial charge in [-0.3, -0.25) is 9.88 Å². The molecule has 3 saturated heterocycles. The lowest BCUT2D eigenvalue weighted by molar-refractivity contribution is 0.0624. The molecule has 270 valence electrons. The van der Waals surface area contributed by atoms with E-state index < -0.39 is 29.4 Å². The Morgan fingerprint density at radius 1 is 1.12 bits per heavy atom. The summed E-state index contributed by atoms with van der Waals surface area (Å²) in [5, 5.41) is 12.1. The largest absolute Gasteiger partial charge is 0.508 e. The van der Waals surface area contributed by atoms with Crippen LogP contribution in [0.3, 0.4) is 0 Å². The average molecular weight is 705 g/mol. The number of carbonyl (C=O) groups excluding carboxylic acids is 1. The Hall–Kier alpha value is -4.39. The van der Waals surface area contributed by atoms with Crippen molar-refractivity contribution in [2.24, 2.45) is 11.3 Å². The lowest BCUT2D eigenvalue weighted by Crippen LogP contribution is -2.46. The minimum atomic E-state index is -0.940. The molecular weight excluding hydrogens is 661 g/mol. The third-order valence-electron chi connectivity index (χ3n) is 11.6. The van der Waals surface area contributed by atoms with Crippen molar-refractivity contribution >= 4 is 33.6 Å². The van der Waals surface area contributed by atoms with E-state index in [-0.39, 0.29) is 47.2 Å². The molecule has 2 aromatic heterocycles. The summed E-state index contributed by atoms with van der Waals surface area (Å²) in [5.74, 6) is -0.507. The van der Waals surface area contributed by atoms with Crippen molar-refractivity contribution in [2.45, 2.75) is 63.6 Å². The Kier molecular flexibility index (Phi) is 8.39. The zero-order valence-corrected chi connectivity index (χ0v) is 29.2. The van der Waals surface area contributed by atoms with Gasteiger partial charge in [0.25, 0.3) is 0 Å². The second-order valence-electron chi connectivity index (χ2n) is 15.3. The fraction of sp³-hybridized carbons (Fsp3) is 0.526. The summed E-state index contributed by atoms with van der Waals surface area (Å²) in [4.78, 5) is 32.1. The topological polar surface area (TPSA) is 104 Å². The molecule has 1 N–H and O–H groups in total. The number of benzene rings is 2. The maximum Gasteiger partial charge on any atom is 0.409 e. The number of hydrogen-bond acceptors (Lipinski definition) is 9. The molecule has 0 spiro atoms. The van der Waals surface area contributed by atoms with Crippen molar-refractivity contribution in [3.05, 3.63) is 47.7 Å². The highest BCUT2D eigenvalue weighted by molar-refractivity contribution is 6.01. The Bertz CT molecular complexity index is 2030. The summed E-state index contributed by atoms with van der Waals surface area (Å²) >= 11 is 0. The van der Waals surface area contributed by atoms with Crippen molar-refractivity contribution in [2.75, 3.05) is 58.4 Å². The van der Waals surface area contributed by atoms with Gasteiger partial charge in [0.1, 0.15) is 48.0 Å². The molecule has 3 aliphatic heterocycles. The highest BCUT2D eigenvalue weighted by Crippen LogP contribution is 2.49. The average Bonchev–Trinajstić information content (AvgIpc) is 3.74. The minimum Gasteiger partial charge on any atom is -0.508 e. The smallest absolute Gasteiger partial charge is 0.409 e. The molecule has 0 radical (unpaired) electrons. The van der Waals surface area contributed by atoms with Crippen LogP contribution in [0.1, 0.15) is 51.0 Å². The molecule has 4 fully saturated rings. The molecule has 2 bridgehead atoms. The number of ether oxygens (including phenoxy) is 2. The van der Waals surface area contributed by atoms with Crippen molar-refractivity contribution in [1.29, 1.82) is 0 Å². The number of rotatable bonds is 8. The number of aromatic nitrogens is 3. The number of anilines is 1. The van der Waals surface area contributed by atoms with Crippen LogP contribution < -0.4 is 9.64 Å². The minimum absolute atomic E-state index is 0.0208. The Labute approximate surface area is 294 Å². The number of hydrogen-bond donors (Lipinski definition) is 1. The van der Waals surface area contributed by atoms with E-state index in [1.54, 1.807) is 20.2 Å². The molecule has 4 aliphatic rings. The Balaban J connectivity index is 1.24. The number of fused-ring (bicyclic) bond motifs is 5. The van der Waals surface area contributed by atoms with E-state index in [2.05, 4.69) is 19.8 Å². The standard InChI is InChI=1S/C38H43F3N6O4/c1-4-26-29(40)7-6-23-12-25(48)13-27(30(23)26)32-31(41)33-28(16-42-32)34(44-35(43-33)50-21-38-9-5-11-47(38)18-24(39)15-38)46-17-22-8-10-37(14-22,19-46)20-51-36(49)45(2)3/h6-7,12-13,16,22,24,48H,4-5,8-11,14-15,17-21H2,1-3H3/t22?,24-,37?,38+/m1/s1. The van der Waals surface area contributed by atoms with Crippen LogP contribution in [0, 0.1) is 23.0 Å². The summed E-state index contributed by atoms with van der Waals surface area (Å²) in [5.41, 5.74) is -0.228. The van der Waals surface area contributed by atoms with Gasteiger partial charge in [0, 0.05) is 57.3 Å². The number of carbonyl (C=O) groups is 1. The molecule has 1 amide bonds. The summed E-state index contributed by atoms with van der Waals surface area (Å²) in [7, 11) is 3.30. The zero-order valence-electron chi connectivity index (χ0n) is 29.2. The molecule has 2 aromatic carbocycles. The number of alkyl halides is 1. The third-order valence-corrected chi connectivity index (χ3v) is 11.6. The van der Waals surface area contributed by atoms with E-state index in [1.807, 2.05) is 6.92 Å². The number of pyridine rings is 1. The SMILES string of the molecule is CCc1c(F)ccc2cc(O)cc(-c3ncc4c(N5CC6CCC(COC(=O)N(C)C)(C6)C5)nc(OC[C@@]56CCCN5C[C@H](F)C6)nc4c3F)c12. The molecule has 5 heterocycles. The quantitative estimate of drug-likeness (QED) is 0.216. The van der Waals surface area contributed by atoms with Crippen LogP contribution in [0.4, 0.5) is 23.8 Å². The van der Waals surface area contributed by atoms with Gasteiger partial charge in [-0.25, -0.2) is 18.0 Å². The van der Waals surface area contributed by atoms with Crippen LogP contribution >= 0.6 is 0 Å². The number of amides is 1. The fourth-order valence-electron chi connectivity index (χ4n) is 9.28. The molecule has 51 heavy (non-hydrogen) atoms. The number of phenolic OH excluding ortho intramolecular Hbond substituents is 1. The fourth-order valence-corrected chi connectivity index (χ4v) is 9.28. The molecular formula is C38H43F3N6O4. The lowest BCUT2D eigenvalue weighted by atomic mass is 9.82. The molecule has 2 unspecified atom stereocenters. The first-order chi connectivity index (χ1) is 24.5. The van der Waals surface area contributed by atoms with Gasteiger partial charge >= 0.3 is 12.1 Å². The van der Waals surface area contributed by atoms with Crippen LogP contribution in [-0.2, 0) is 11.2 Å². The number of halogens is 3. The molecule has 1 aliphatic carbocycles. The van der Waals surface area contributed by atoms with E-state index in [0.717, 1.165) is 38.6 Å². The van der Waals surface area contributed by atoms with Crippen LogP contribution in [0.15, 0.2) is 30.5 Å². The first-order valence-corrected chi connectivity index (χ1v) is 17.9. The van der Waals surface area contributed by atoms with Gasteiger partial charge in [0.05, 0.1) is 10.9 Å². The molecule has 10 nitrogen and oxygen atoms in total. The van der Waals surface area contributed by atoms with Crippen LogP contribution in [-0.4, -0.2) is 101 Å². The molecule has 13 heteroatoms. The molecule has 8 rings (SSSR count). The highest BCUT2D eigenvalue weighted by Gasteiger charge is 2.50. The summed E-state index contributed by atoms with van der Waals surface area (Å²) in [6.45, 7) is 4.59. The Morgan fingerprint density at radius 3 is 2.76 bits per heavy atom. The van der Waals surface area contributed by atoms with E-state index in [1.165, 1.54) is 29.3 Å². The number of aromatic hydroxyl groups is 1. The molecule has 4 atom stereocenters. The summed E-state index contributed by atoms with van der Waals surface area (Å²) in [6.07, 6.45) is 5.37. The van der Waals surface area contributed by atoms with E-state index >= 15 is 8.78 Å². The van der Waals surface area contributed by atoms with Gasteiger partial charge in [-0.1, -0.05) is 13.0 Å². The van der Waals surface area contributed by atoms with Gasteiger partial charge < -0.3 is 24.4 Å². The van der Waals surface area contributed by atoms with Crippen LogP contribution in [0.5, 0.6) is 11.8 Å². The van der Waals surface area contributed by atoms with Gasteiger partial charge in [-0.05, 0) is 85.5 Å². The lowest BCUT2D eigenvalue weighted by Gasteiger charge is -2.41. The van der Waals surface area contributed by atoms with Crippen LogP contribution in [0.25, 0.3) is 32.9 Å². The van der Waals surface area contributed by atoms with Crippen molar-refractivity contribution in [3.8, 4) is 23.0 Å². The van der Waals surface area contributed by atoms with Gasteiger partial charge in [-0.15, -0.1) is 0 Å². The van der Waals surface area contributed by atoms with E-state index in [9.17, 15) is 14.3 Å². The second kappa shape index (κ2) is 12.7. The maximum atomic E-state index is 17.1. The van der Waals surface area contributed by atoms with Crippen molar-refractivity contribution in [1.82, 2.24) is 24.8 Å². The number of nitrogens with zero attached hydrogens (tertiary/aromatic N) is 6. The first kappa shape index (κ1) is 33.7. The number of piperidine rings is 1. The highest BCUT2D eigenvalue weighted by atomic mass is 19.1. The Morgan fingerprint density at radius 2 is 1.96 bits per heavy atom. The van der Waals surface area contributed by atoms with Crippen molar-refractivity contribution < 1.29 is 32.5 Å².